The molecule has 0 amide bonds. The molecule has 4 heteroatoms. The third kappa shape index (κ3) is 19.0. The smallest absolute Gasteiger partial charge is 0.164 e. The maximum absolute atomic E-state index is 11.6. The van der Waals surface area contributed by atoms with Crippen LogP contribution in [-0.4, -0.2) is 39.9 Å². The van der Waals surface area contributed by atoms with Crippen LogP contribution in [0.25, 0.3) is 0 Å². The van der Waals surface area contributed by atoms with Gasteiger partial charge in [-0.25, -0.2) is 0 Å². The molecule has 0 aliphatic rings. The molecule has 0 radical (unpaired) electrons. The molecule has 4 nitrogen and oxygen atoms in total. The fraction of sp³-hybridized carbons (Fsp3) is 0.880. The highest BCUT2D eigenvalue weighted by molar-refractivity contribution is 5.83. The van der Waals surface area contributed by atoms with E-state index in [4.69, 9.17) is 5.11 Å². The first-order chi connectivity index (χ1) is 14.1. The van der Waals surface area contributed by atoms with E-state index < -0.39 is 18.8 Å². The molecule has 0 spiro atoms. The van der Waals surface area contributed by atoms with Crippen LogP contribution in [0, 0.1) is 0 Å². The van der Waals surface area contributed by atoms with Crippen molar-refractivity contribution in [3.8, 4) is 0 Å². The third-order valence-electron chi connectivity index (χ3n) is 5.57. The van der Waals surface area contributed by atoms with Gasteiger partial charge in [-0.05, 0) is 32.1 Å². The van der Waals surface area contributed by atoms with Crippen LogP contribution in [0.2, 0.25) is 0 Å². The predicted octanol–water partition coefficient (Wildman–Crippen LogP) is 5.87. The van der Waals surface area contributed by atoms with Crippen LogP contribution in [0.15, 0.2) is 12.2 Å². The van der Waals surface area contributed by atoms with Gasteiger partial charge < -0.3 is 15.3 Å². The SMILES string of the molecule is CCCCCCCC/C=C\CCCCCCCCCCCC(=O)C(O)C(O)CO. The molecular weight excluding hydrogens is 364 g/mol. The topological polar surface area (TPSA) is 77.8 Å². The van der Waals surface area contributed by atoms with Crippen LogP contribution in [0.1, 0.15) is 122 Å². The predicted molar refractivity (Wildman–Crippen MR) is 122 cm³/mol. The van der Waals surface area contributed by atoms with Crippen molar-refractivity contribution in [2.24, 2.45) is 0 Å². The monoisotopic (exact) mass is 412 g/mol. The Kier molecular flexibility index (Phi) is 21.4. The lowest BCUT2D eigenvalue weighted by atomic mass is 10.0. The van der Waals surface area contributed by atoms with Crippen LogP contribution < -0.4 is 0 Å². The minimum atomic E-state index is -1.44. The van der Waals surface area contributed by atoms with E-state index in [-0.39, 0.29) is 12.2 Å². The molecule has 29 heavy (non-hydrogen) atoms. The highest BCUT2D eigenvalue weighted by Gasteiger charge is 2.22. The average molecular weight is 413 g/mol. The molecule has 0 heterocycles. The summed E-state index contributed by atoms with van der Waals surface area (Å²) in [5.41, 5.74) is 0. The highest BCUT2D eigenvalue weighted by Crippen LogP contribution is 2.13. The van der Waals surface area contributed by atoms with E-state index in [1.807, 2.05) is 0 Å². The number of rotatable bonds is 22. The molecule has 0 aliphatic heterocycles. The zero-order chi connectivity index (χ0) is 21.6. The average Bonchev–Trinajstić information content (AvgIpc) is 2.74. The summed E-state index contributed by atoms with van der Waals surface area (Å²) >= 11 is 0. The molecule has 0 bridgehead atoms. The summed E-state index contributed by atoms with van der Waals surface area (Å²) < 4.78 is 0. The molecule has 2 unspecified atom stereocenters. The molecule has 0 aromatic rings. The number of unbranched alkanes of at least 4 members (excludes halogenated alkanes) is 15. The van der Waals surface area contributed by atoms with E-state index in [1.165, 1.54) is 89.9 Å². The van der Waals surface area contributed by atoms with Crippen molar-refractivity contribution in [3.05, 3.63) is 12.2 Å². The first-order valence-corrected chi connectivity index (χ1v) is 12.3. The summed E-state index contributed by atoms with van der Waals surface area (Å²) in [6.45, 7) is 1.68. The normalized spacial score (nSPS) is 13.8. The lowest BCUT2D eigenvalue weighted by molar-refractivity contribution is -0.134. The standard InChI is InChI=1S/C25H48O4/c1-2-3-4-5-6-7-8-9-10-11-12-13-14-15-16-17-18-19-20-21-23(27)25(29)24(28)22-26/h9-10,24-26,28-29H,2-8,11-22H2,1H3/b10-9-. The molecule has 0 saturated carbocycles. The molecule has 2 atom stereocenters. The Bertz CT molecular complexity index is 381. The molecular formula is C25H48O4. The van der Waals surface area contributed by atoms with Crippen molar-refractivity contribution in [3.63, 3.8) is 0 Å². The van der Waals surface area contributed by atoms with Crippen LogP contribution in [0.5, 0.6) is 0 Å². The number of aliphatic hydroxyl groups is 3. The van der Waals surface area contributed by atoms with Gasteiger partial charge in [-0.1, -0.05) is 96.1 Å². The van der Waals surface area contributed by atoms with E-state index in [9.17, 15) is 15.0 Å². The summed E-state index contributed by atoms with van der Waals surface area (Å²) in [4.78, 5) is 11.6. The van der Waals surface area contributed by atoms with Crippen LogP contribution in [0.4, 0.5) is 0 Å². The fourth-order valence-electron chi connectivity index (χ4n) is 3.54. The maximum atomic E-state index is 11.6. The number of aliphatic hydroxyl groups excluding tert-OH is 3. The van der Waals surface area contributed by atoms with Gasteiger partial charge in [0.25, 0.3) is 0 Å². The lowest BCUT2D eigenvalue weighted by Crippen LogP contribution is -2.36. The number of allylic oxidation sites excluding steroid dienone is 2. The molecule has 0 aliphatic carbocycles. The summed E-state index contributed by atoms with van der Waals surface area (Å²) in [6, 6.07) is 0. The molecule has 0 saturated heterocycles. The largest absolute Gasteiger partial charge is 0.394 e. The summed E-state index contributed by atoms with van der Waals surface area (Å²) in [6.07, 6.45) is 23.5. The van der Waals surface area contributed by atoms with Crippen molar-refractivity contribution in [2.45, 2.75) is 135 Å². The quantitative estimate of drug-likeness (QED) is 0.153. The van der Waals surface area contributed by atoms with Gasteiger partial charge in [0.1, 0.15) is 12.2 Å². The minimum absolute atomic E-state index is 0.282. The summed E-state index contributed by atoms with van der Waals surface area (Å²) in [5, 5.41) is 27.4. The van der Waals surface area contributed by atoms with Gasteiger partial charge in [0.15, 0.2) is 5.78 Å². The van der Waals surface area contributed by atoms with E-state index in [2.05, 4.69) is 19.1 Å². The molecule has 3 N–H and O–H groups in total. The first-order valence-electron chi connectivity index (χ1n) is 12.3. The van der Waals surface area contributed by atoms with Crippen molar-refractivity contribution in [1.82, 2.24) is 0 Å². The number of hydrogen-bond acceptors (Lipinski definition) is 4. The number of hydrogen-bond donors (Lipinski definition) is 3. The number of ketones is 1. The van der Waals surface area contributed by atoms with Gasteiger partial charge in [-0.3, -0.25) is 4.79 Å². The van der Waals surface area contributed by atoms with Gasteiger partial charge in [0, 0.05) is 6.42 Å². The van der Waals surface area contributed by atoms with Crippen LogP contribution in [-0.2, 0) is 4.79 Å². The summed E-state index contributed by atoms with van der Waals surface area (Å²) in [5.74, 6) is -0.368. The number of carbonyl (C=O) groups excluding carboxylic acids is 1. The van der Waals surface area contributed by atoms with Crippen LogP contribution >= 0.6 is 0 Å². The molecule has 0 aromatic heterocycles. The summed E-state index contributed by atoms with van der Waals surface area (Å²) in [7, 11) is 0. The molecule has 0 aromatic carbocycles. The van der Waals surface area contributed by atoms with E-state index in [0.29, 0.717) is 0 Å². The minimum Gasteiger partial charge on any atom is -0.394 e. The van der Waals surface area contributed by atoms with Crippen molar-refractivity contribution >= 4 is 5.78 Å². The van der Waals surface area contributed by atoms with E-state index in [1.54, 1.807) is 0 Å². The second-order valence-electron chi connectivity index (χ2n) is 8.41. The Balaban J connectivity index is 3.26. The van der Waals surface area contributed by atoms with Crippen molar-refractivity contribution in [1.29, 1.82) is 0 Å². The maximum Gasteiger partial charge on any atom is 0.164 e. The second kappa shape index (κ2) is 22.0. The van der Waals surface area contributed by atoms with Crippen molar-refractivity contribution < 1.29 is 20.1 Å². The number of Topliss-reactive ketones (excluding diaryl/α,β-unsaturated/α-hetero) is 1. The zero-order valence-corrected chi connectivity index (χ0v) is 19.0. The van der Waals surface area contributed by atoms with Gasteiger partial charge >= 0.3 is 0 Å². The van der Waals surface area contributed by atoms with Gasteiger partial charge in [0.05, 0.1) is 6.61 Å². The Morgan fingerprint density at radius 1 is 0.690 bits per heavy atom. The van der Waals surface area contributed by atoms with Gasteiger partial charge in [-0.15, -0.1) is 0 Å². The van der Waals surface area contributed by atoms with Gasteiger partial charge in [-0.2, -0.15) is 0 Å². The van der Waals surface area contributed by atoms with Gasteiger partial charge in [0.2, 0.25) is 0 Å². The van der Waals surface area contributed by atoms with Crippen LogP contribution in [0.3, 0.4) is 0 Å². The Labute approximate surface area is 179 Å². The number of carbonyl (C=O) groups is 1. The van der Waals surface area contributed by atoms with E-state index in [0.717, 1.165) is 19.3 Å². The zero-order valence-electron chi connectivity index (χ0n) is 19.0. The Morgan fingerprint density at radius 3 is 1.55 bits per heavy atom. The highest BCUT2D eigenvalue weighted by atomic mass is 16.4. The molecule has 0 fully saturated rings. The fourth-order valence-corrected chi connectivity index (χ4v) is 3.54. The first kappa shape index (κ1) is 28.3. The molecule has 172 valence electrons. The third-order valence-corrected chi connectivity index (χ3v) is 5.57. The van der Waals surface area contributed by atoms with Crippen molar-refractivity contribution in [2.75, 3.05) is 6.61 Å². The Morgan fingerprint density at radius 2 is 1.10 bits per heavy atom. The Hall–Kier alpha value is -0.710. The second-order valence-corrected chi connectivity index (χ2v) is 8.41. The van der Waals surface area contributed by atoms with E-state index >= 15 is 0 Å². The molecule has 0 rings (SSSR count). The lowest BCUT2D eigenvalue weighted by Gasteiger charge is -2.13.